The Morgan fingerprint density at radius 2 is 2.05 bits per heavy atom. The molecule has 0 amide bonds. The molecule has 1 aromatic rings. The highest BCUT2D eigenvalue weighted by molar-refractivity contribution is 7.89. The van der Waals surface area contributed by atoms with E-state index in [0.29, 0.717) is 13.0 Å². The Kier molecular flexibility index (Phi) is 4.25. The zero-order chi connectivity index (χ0) is 13.9. The summed E-state index contributed by atoms with van der Waals surface area (Å²) in [6.07, 6.45) is 1.28. The maximum Gasteiger partial charge on any atom is 0.240 e. The van der Waals surface area contributed by atoms with Gasteiger partial charge in [-0.1, -0.05) is 17.7 Å². The van der Waals surface area contributed by atoms with Crippen molar-refractivity contribution in [2.45, 2.75) is 30.3 Å². The van der Waals surface area contributed by atoms with Crippen molar-refractivity contribution in [3.8, 4) is 0 Å². The zero-order valence-electron chi connectivity index (χ0n) is 10.9. The van der Waals surface area contributed by atoms with Gasteiger partial charge in [-0.15, -0.1) is 0 Å². The Hall–Kier alpha value is -0.950. The molecule has 6 heteroatoms. The van der Waals surface area contributed by atoms with E-state index in [0.717, 1.165) is 12.0 Å². The van der Waals surface area contributed by atoms with Gasteiger partial charge in [-0.2, -0.15) is 0 Å². The number of aliphatic hydroxyl groups is 1. The predicted octanol–water partition coefficient (Wildman–Crippen LogP) is 0.815. The summed E-state index contributed by atoms with van der Waals surface area (Å²) in [7, 11) is -3.58. The molecule has 0 bridgehead atoms. The van der Waals surface area contributed by atoms with E-state index in [2.05, 4.69) is 4.72 Å². The molecule has 0 aromatic heterocycles. The predicted molar refractivity (Wildman–Crippen MR) is 71.4 cm³/mol. The first kappa shape index (κ1) is 14.5. The minimum atomic E-state index is -3.58. The summed E-state index contributed by atoms with van der Waals surface area (Å²) in [5.74, 6) is 0. The molecule has 1 aliphatic heterocycles. The molecule has 106 valence electrons. The van der Waals surface area contributed by atoms with Gasteiger partial charge in [-0.3, -0.25) is 0 Å². The molecule has 19 heavy (non-hydrogen) atoms. The molecule has 0 radical (unpaired) electrons. The van der Waals surface area contributed by atoms with E-state index in [9.17, 15) is 13.5 Å². The SMILES string of the molecule is Cc1ccc(S(=O)(=O)NCC2(O)CCCOC2)cc1. The lowest BCUT2D eigenvalue weighted by molar-refractivity contribution is -0.0806. The number of sulfonamides is 1. The van der Waals surface area contributed by atoms with Crippen LogP contribution in [0.15, 0.2) is 29.2 Å². The molecule has 1 aliphatic rings. The van der Waals surface area contributed by atoms with Gasteiger partial charge in [0, 0.05) is 13.2 Å². The highest BCUT2D eigenvalue weighted by Gasteiger charge is 2.31. The Balaban J connectivity index is 2.03. The lowest BCUT2D eigenvalue weighted by Crippen LogP contribution is -2.48. The van der Waals surface area contributed by atoms with Crippen LogP contribution in [-0.2, 0) is 14.8 Å². The molecule has 2 N–H and O–H groups in total. The standard InChI is InChI=1S/C13H19NO4S/c1-11-3-5-12(6-4-11)19(16,17)14-9-13(15)7-2-8-18-10-13/h3-6,14-15H,2,7-10H2,1H3. The molecule has 1 unspecified atom stereocenters. The normalized spacial score (nSPS) is 24.3. The van der Waals surface area contributed by atoms with Gasteiger partial charge in [0.15, 0.2) is 0 Å². The van der Waals surface area contributed by atoms with Gasteiger partial charge in [-0.05, 0) is 31.9 Å². The van der Waals surface area contributed by atoms with Gasteiger partial charge < -0.3 is 9.84 Å². The van der Waals surface area contributed by atoms with Crippen molar-refractivity contribution < 1.29 is 18.3 Å². The molecule has 1 atom stereocenters. The topological polar surface area (TPSA) is 75.6 Å². The van der Waals surface area contributed by atoms with Crippen LogP contribution in [0, 0.1) is 6.92 Å². The third kappa shape index (κ3) is 3.76. The molecule has 1 saturated heterocycles. The average molecular weight is 285 g/mol. The van der Waals surface area contributed by atoms with Crippen LogP contribution >= 0.6 is 0 Å². The monoisotopic (exact) mass is 285 g/mol. The second kappa shape index (κ2) is 5.58. The maximum absolute atomic E-state index is 12.1. The fraction of sp³-hybridized carbons (Fsp3) is 0.538. The van der Waals surface area contributed by atoms with Crippen LogP contribution < -0.4 is 4.72 Å². The van der Waals surface area contributed by atoms with Crippen LogP contribution in [-0.4, -0.2) is 38.9 Å². The second-order valence-corrected chi connectivity index (χ2v) is 6.79. The Morgan fingerprint density at radius 3 is 2.63 bits per heavy atom. The van der Waals surface area contributed by atoms with E-state index in [1.807, 2.05) is 6.92 Å². The van der Waals surface area contributed by atoms with Crippen LogP contribution in [0.4, 0.5) is 0 Å². The summed E-state index contributed by atoms with van der Waals surface area (Å²) in [6, 6.07) is 6.60. The Bertz CT molecular complexity index is 518. The first-order valence-electron chi connectivity index (χ1n) is 6.28. The van der Waals surface area contributed by atoms with Crippen LogP contribution in [0.5, 0.6) is 0 Å². The van der Waals surface area contributed by atoms with Crippen molar-refractivity contribution in [3.63, 3.8) is 0 Å². The lowest BCUT2D eigenvalue weighted by atomic mass is 9.97. The first-order chi connectivity index (χ1) is 8.91. The second-order valence-electron chi connectivity index (χ2n) is 5.02. The summed E-state index contributed by atoms with van der Waals surface area (Å²) in [6.45, 7) is 2.66. The minimum absolute atomic E-state index is 0.0246. The molecule has 1 heterocycles. The molecular weight excluding hydrogens is 266 g/mol. The number of rotatable bonds is 4. The van der Waals surface area contributed by atoms with E-state index in [1.54, 1.807) is 24.3 Å². The summed E-state index contributed by atoms with van der Waals surface area (Å²) in [5.41, 5.74) is -0.103. The largest absolute Gasteiger partial charge is 0.386 e. The Labute approximate surface area is 113 Å². The lowest BCUT2D eigenvalue weighted by Gasteiger charge is -2.31. The molecule has 0 aliphatic carbocycles. The number of aryl methyl sites for hydroxylation is 1. The van der Waals surface area contributed by atoms with Crippen molar-refractivity contribution in [1.82, 2.24) is 4.72 Å². The van der Waals surface area contributed by atoms with Crippen LogP contribution in [0.25, 0.3) is 0 Å². The fourth-order valence-electron chi connectivity index (χ4n) is 2.01. The van der Waals surface area contributed by atoms with Gasteiger partial charge in [0.05, 0.1) is 11.5 Å². The zero-order valence-corrected chi connectivity index (χ0v) is 11.7. The summed E-state index contributed by atoms with van der Waals surface area (Å²) in [5, 5.41) is 10.2. The summed E-state index contributed by atoms with van der Waals surface area (Å²) < 4.78 is 31.8. The molecule has 0 spiro atoms. The highest BCUT2D eigenvalue weighted by atomic mass is 32.2. The highest BCUT2D eigenvalue weighted by Crippen LogP contribution is 2.19. The van der Waals surface area contributed by atoms with Crippen LogP contribution in [0.1, 0.15) is 18.4 Å². The van der Waals surface area contributed by atoms with Crippen molar-refractivity contribution in [1.29, 1.82) is 0 Å². The van der Waals surface area contributed by atoms with Gasteiger partial charge in [0.2, 0.25) is 10.0 Å². The van der Waals surface area contributed by atoms with Gasteiger partial charge >= 0.3 is 0 Å². The Morgan fingerprint density at radius 1 is 1.37 bits per heavy atom. The van der Waals surface area contributed by atoms with E-state index in [1.165, 1.54) is 0 Å². The van der Waals surface area contributed by atoms with E-state index >= 15 is 0 Å². The van der Waals surface area contributed by atoms with Crippen molar-refractivity contribution in [3.05, 3.63) is 29.8 Å². The van der Waals surface area contributed by atoms with E-state index in [-0.39, 0.29) is 18.0 Å². The number of ether oxygens (including phenoxy) is 1. The van der Waals surface area contributed by atoms with Crippen molar-refractivity contribution >= 4 is 10.0 Å². The minimum Gasteiger partial charge on any atom is -0.386 e. The third-order valence-corrected chi connectivity index (χ3v) is 4.64. The number of hydrogen-bond donors (Lipinski definition) is 2. The molecular formula is C13H19NO4S. The molecule has 1 aromatic carbocycles. The average Bonchev–Trinajstić information content (AvgIpc) is 2.38. The summed E-state index contributed by atoms with van der Waals surface area (Å²) in [4.78, 5) is 0.207. The maximum atomic E-state index is 12.1. The van der Waals surface area contributed by atoms with Gasteiger partial charge in [-0.25, -0.2) is 13.1 Å². The van der Waals surface area contributed by atoms with Crippen molar-refractivity contribution in [2.24, 2.45) is 0 Å². The van der Waals surface area contributed by atoms with E-state index < -0.39 is 15.6 Å². The smallest absolute Gasteiger partial charge is 0.240 e. The van der Waals surface area contributed by atoms with Crippen molar-refractivity contribution in [2.75, 3.05) is 19.8 Å². The number of nitrogens with one attached hydrogen (secondary N) is 1. The quantitative estimate of drug-likeness (QED) is 0.858. The van der Waals surface area contributed by atoms with Crippen LogP contribution in [0.3, 0.4) is 0 Å². The molecule has 5 nitrogen and oxygen atoms in total. The number of hydrogen-bond acceptors (Lipinski definition) is 4. The van der Waals surface area contributed by atoms with E-state index in [4.69, 9.17) is 4.74 Å². The van der Waals surface area contributed by atoms with Gasteiger partial charge in [0.25, 0.3) is 0 Å². The first-order valence-corrected chi connectivity index (χ1v) is 7.76. The third-order valence-electron chi connectivity index (χ3n) is 3.22. The molecule has 1 fully saturated rings. The molecule has 2 rings (SSSR count). The number of benzene rings is 1. The van der Waals surface area contributed by atoms with Crippen LogP contribution in [0.2, 0.25) is 0 Å². The summed E-state index contributed by atoms with van der Waals surface area (Å²) >= 11 is 0. The fourth-order valence-corrected chi connectivity index (χ4v) is 3.13. The molecule has 0 saturated carbocycles. The van der Waals surface area contributed by atoms with Gasteiger partial charge in [0.1, 0.15) is 5.60 Å².